The molecular weight excluding hydrogens is 262 g/mol. The number of rotatable bonds is 3. The molecule has 19 heavy (non-hydrogen) atoms. The first-order chi connectivity index (χ1) is 9.22. The lowest BCUT2D eigenvalue weighted by Crippen LogP contribution is -1.99. The summed E-state index contributed by atoms with van der Waals surface area (Å²) < 4.78 is 7.64. The van der Waals surface area contributed by atoms with E-state index in [1.165, 1.54) is 0 Å². The van der Waals surface area contributed by atoms with Crippen LogP contribution >= 0.6 is 11.6 Å². The number of hydrogen-bond donors (Lipinski definition) is 1. The second-order valence-corrected chi connectivity index (χ2v) is 4.62. The maximum Gasteiger partial charge on any atom is 0.139 e. The summed E-state index contributed by atoms with van der Waals surface area (Å²) in [6, 6.07) is 11.0. The van der Waals surface area contributed by atoms with E-state index in [0.717, 1.165) is 17.1 Å². The van der Waals surface area contributed by atoms with Gasteiger partial charge in [-0.2, -0.15) is 0 Å². The molecule has 3 rings (SSSR count). The molecule has 0 aliphatic heterocycles. The SMILES string of the molecule is Nc1ccn2c(COc3cccc(Cl)c3)cnc2c1. The van der Waals surface area contributed by atoms with Crippen molar-refractivity contribution in [2.24, 2.45) is 0 Å². The van der Waals surface area contributed by atoms with Crippen molar-refractivity contribution in [3.05, 3.63) is 59.5 Å². The largest absolute Gasteiger partial charge is 0.487 e. The topological polar surface area (TPSA) is 52.5 Å². The number of nitrogens with zero attached hydrogens (tertiary/aromatic N) is 2. The Morgan fingerprint density at radius 1 is 1.26 bits per heavy atom. The molecule has 2 aromatic heterocycles. The average Bonchev–Trinajstić information content (AvgIpc) is 2.78. The minimum absolute atomic E-state index is 0.422. The number of nitrogens with two attached hydrogens (primary N) is 1. The summed E-state index contributed by atoms with van der Waals surface area (Å²) in [5.41, 5.74) is 8.17. The molecule has 0 saturated heterocycles. The number of nitrogen functional groups attached to an aromatic ring is 1. The standard InChI is InChI=1S/C14H12ClN3O/c15-10-2-1-3-13(6-10)19-9-12-8-17-14-7-11(16)4-5-18(12)14/h1-8H,9,16H2. The number of benzene rings is 1. The highest BCUT2D eigenvalue weighted by atomic mass is 35.5. The van der Waals surface area contributed by atoms with Crippen LogP contribution in [0.5, 0.6) is 5.75 Å². The van der Waals surface area contributed by atoms with Gasteiger partial charge in [-0.05, 0) is 24.3 Å². The van der Waals surface area contributed by atoms with E-state index >= 15 is 0 Å². The molecule has 0 saturated carbocycles. The average molecular weight is 274 g/mol. The van der Waals surface area contributed by atoms with Crippen molar-refractivity contribution in [2.75, 3.05) is 5.73 Å². The van der Waals surface area contributed by atoms with E-state index in [1.54, 1.807) is 12.3 Å². The zero-order chi connectivity index (χ0) is 13.2. The zero-order valence-corrected chi connectivity index (χ0v) is 10.8. The maximum atomic E-state index is 5.91. The molecule has 0 radical (unpaired) electrons. The second-order valence-electron chi connectivity index (χ2n) is 4.18. The Labute approximate surface area is 115 Å². The summed E-state index contributed by atoms with van der Waals surface area (Å²) in [6.07, 6.45) is 3.66. The molecule has 0 bridgehead atoms. The number of hydrogen-bond acceptors (Lipinski definition) is 3. The normalized spacial score (nSPS) is 10.8. The molecule has 0 amide bonds. The van der Waals surface area contributed by atoms with Crippen LogP contribution < -0.4 is 10.5 Å². The van der Waals surface area contributed by atoms with Gasteiger partial charge in [0.25, 0.3) is 0 Å². The Bertz CT molecular complexity index is 724. The number of pyridine rings is 1. The van der Waals surface area contributed by atoms with Crippen molar-refractivity contribution in [1.82, 2.24) is 9.38 Å². The molecule has 0 fully saturated rings. The molecule has 0 aliphatic rings. The Hall–Kier alpha value is -2.20. The van der Waals surface area contributed by atoms with Gasteiger partial charge >= 0.3 is 0 Å². The van der Waals surface area contributed by atoms with Crippen molar-refractivity contribution in [2.45, 2.75) is 6.61 Å². The van der Waals surface area contributed by atoms with Crippen molar-refractivity contribution in [3.63, 3.8) is 0 Å². The van der Waals surface area contributed by atoms with Gasteiger partial charge in [-0.25, -0.2) is 4.98 Å². The van der Waals surface area contributed by atoms with Gasteiger partial charge in [0.15, 0.2) is 0 Å². The van der Waals surface area contributed by atoms with Gasteiger partial charge in [0, 0.05) is 23.0 Å². The fourth-order valence-electron chi connectivity index (χ4n) is 1.87. The van der Waals surface area contributed by atoms with Crippen molar-refractivity contribution in [3.8, 4) is 5.75 Å². The highest BCUT2D eigenvalue weighted by molar-refractivity contribution is 6.30. The first kappa shape index (κ1) is 11.9. The smallest absolute Gasteiger partial charge is 0.139 e. The molecule has 0 unspecified atom stereocenters. The Balaban J connectivity index is 1.82. The molecule has 0 spiro atoms. The molecule has 96 valence electrons. The van der Waals surface area contributed by atoms with E-state index in [2.05, 4.69) is 4.98 Å². The van der Waals surface area contributed by atoms with Gasteiger partial charge in [-0.3, -0.25) is 0 Å². The van der Waals surface area contributed by atoms with Crippen LogP contribution in [0.1, 0.15) is 5.69 Å². The summed E-state index contributed by atoms with van der Waals surface area (Å²) in [5, 5.41) is 0.656. The van der Waals surface area contributed by atoms with Crippen LogP contribution in [-0.2, 0) is 6.61 Å². The summed E-state index contributed by atoms with van der Waals surface area (Å²) in [4.78, 5) is 4.29. The minimum atomic E-state index is 0.422. The van der Waals surface area contributed by atoms with E-state index in [-0.39, 0.29) is 0 Å². The summed E-state index contributed by atoms with van der Waals surface area (Å²) in [6.45, 7) is 0.422. The van der Waals surface area contributed by atoms with Crippen molar-refractivity contribution < 1.29 is 4.74 Å². The second kappa shape index (κ2) is 4.82. The molecular formula is C14H12ClN3O. The van der Waals surface area contributed by atoms with Gasteiger partial charge in [0.05, 0.1) is 11.9 Å². The lowest BCUT2D eigenvalue weighted by Gasteiger charge is -2.06. The number of halogens is 1. The third-order valence-electron chi connectivity index (χ3n) is 2.80. The van der Waals surface area contributed by atoms with Gasteiger partial charge in [-0.15, -0.1) is 0 Å². The number of ether oxygens (including phenoxy) is 1. The van der Waals surface area contributed by atoms with E-state index < -0.39 is 0 Å². The van der Waals surface area contributed by atoms with E-state index in [9.17, 15) is 0 Å². The summed E-state index contributed by atoms with van der Waals surface area (Å²) in [7, 11) is 0. The van der Waals surface area contributed by atoms with Gasteiger partial charge in [0.2, 0.25) is 0 Å². The van der Waals surface area contributed by atoms with E-state index in [4.69, 9.17) is 22.1 Å². The van der Waals surface area contributed by atoms with E-state index in [0.29, 0.717) is 17.3 Å². The maximum absolute atomic E-state index is 5.91. The molecule has 4 nitrogen and oxygen atoms in total. The lowest BCUT2D eigenvalue weighted by atomic mass is 10.3. The Kier molecular flexibility index (Phi) is 3.01. The predicted molar refractivity (Wildman–Crippen MR) is 75.4 cm³/mol. The van der Waals surface area contributed by atoms with E-state index in [1.807, 2.05) is 40.9 Å². The van der Waals surface area contributed by atoms with Crippen LogP contribution in [0.2, 0.25) is 5.02 Å². The van der Waals surface area contributed by atoms with Gasteiger partial charge < -0.3 is 14.9 Å². The van der Waals surface area contributed by atoms with Gasteiger partial charge in [-0.1, -0.05) is 17.7 Å². The molecule has 5 heteroatoms. The number of fused-ring (bicyclic) bond motifs is 1. The zero-order valence-electron chi connectivity index (χ0n) is 10.1. The predicted octanol–water partition coefficient (Wildman–Crippen LogP) is 3.15. The molecule has 0 aliphatic carbocycles. The first-order valence-corrected chi connectivity index (χ1v) is 6.20. The van der Waals surface area contributed by atoms with Crippen LogP contribution in [0.15, 0.2) is 48.8 Å². The lowest BCUT2D eigenvalue weighted by molar-refractivity contribution is 0.300. The quantitative estimate of drug-likeness (QED) is 0.797. The van der Waals surface area contributed by atoms with Crippen LogP contribution in [0, 0.1) is 0 Å². The van der Waals surface area contributed by atoms with Crippen LogP contribution in [-0.4, -0.2) is 9.38 Å². The van der Waals surface area contributed by atoms with Crippen molar-refractivity contribution >= 4 is 22.9 Å². The molecule has 1 aromatic carbocycles. The van der Waals surface area contributed by atoms with Crippen molar-refractivity contribution in [1.29, 1.82) is 0 Å². The molecule has 0 atom stereocenters. The number of anilines is 1. The molecule has 2 N–H and O–H groups in total. The summed E-state index contributed by atoms with van der Waals surface area (Å²) >= 11 is 5.91. The molecule has 2 heterocycles. The van der Waals surface area contributed by atoms with Crippen LogP contribution in [0.3, 0.4) is 0 Å². The number of imidazole rings is 1. The molecule has 3 aromatic rings. The Morgan fingerprint density at radius 3 is 3.00 bits per heavy atom. The fraction of sp³-hybridized carbons (Fsp3) is 0.0714. The highest BCUT2D eigenvalue weighted by Gasteiger charge is 2.04. The Morgan fingerprint density at radius 2 is 2.16 bits per heavy atom. The van der Waals surface area contributed by atoms with Gasteiger partial charge in [0.1, 0.15) is 18.0 Å². The fourth-order valence-corrected chi connectivity index (χ4v) is 2.05. The van der Waals surface area contributed by atoms with Crippen LogP contribution in [0.25, 0.3) is 5.65 Å². The number of aromatic nitrogens is 2. The van der Waals surface area contributed by atoms with Crippen LogP contribution in [0.4, 0.5) is 5.69 Å². The third-order valence-corrected chi connectivity index (χ3v) is 3.03. The third kappa shape index (κ3) is 2.48. The summed E-state index contributed by atoms with van der Waals surface area (Å²) in [5.74, 6) is 0.734. The minimum Gasteiger partial charge on any atom is -0.487 e. The highest BCUT2D eigenvalue weighted by Crippen LogP contribution is 2.19. The monoisotopic (exact) mass is 273 g/mol. The first-order valence-electron chi connectivity index (χ1n) is 5.82.